The van der Waals surface area contributed by atoms with Crippen molar-refractivity contribution in [3.8, 4) is 5.06 Å². The molecule has 0 bridgehead atoms. The van der Waals surface area contributed by atoms with Gasteiger partial charge in [-0.3, -0.25) is 0 Å². The van der Waals surface area contributed by atoms with Crippen molar-refractivity contribution in [2.45, 2.75) is 19.3 Å². The molecule has 1 heterocycles. The second-order valence-corrected chi connectivity index (χ2v) is 3.80. The van der Waals surface area contributed by atoms with E-state index in [9.17, 15) is 0 Å². The Hall–Kier alpha value is -0.540. The predicted molar refractivity (Wildman–Crippen MR) is 52.9 cm³/mol. The molecule has 0 radical (unpaired) electrons. The number of thiophene rings is 1. The number of rotatable bonds is 5. The molecule has 0 aliphatic carbocycles. The number of methoxy groups -OCH3 is 1. The molecule has 0 spiro atoms. The Bertz CT molecular complexity index is 222. The van der Waals surface area contributed by atoms with E-state index in [0.717, 1.165) is 24.4 Å². The van der Waals surface area contributed by atoms with Gasteiger partial charge in [-0.15, -0.1) is 11.3 Å². The molecular weight excluding hydrogens is 170 g/mol. The highest BCUT2D eigenvalue weighted by Gasteiger charge is 1.98. The number of unbranched alkanes of at least 4 members (excludes halogenated alkanes) is 1. The summed E-state index contributed by atoms with van der Waals surface area (Å²) in [6, 6.07) is 4.14. The quantitative estimate of drug-likeness (QED) is 0.712. The topological polar surface area (TPSA) is 35.2 Å². The SMILES string of the molecule is COc1ccc(CCCCN)s1. The first-order chi connectivity index (χ1) is 5.86. The zero-order valence-electron chi connectivity index (χ0n) is 7.38. The van der Waals surface area contributed by atoms with E-state index in [-0.39, 0.29) is 0 Å². The molecular formula is C9H15NOS. The zero-order valence-corrected chi connectivity index (χ0v) is 8.19. The molecule has 2 nitrogen and oxygen atoms in total. The van der Waals surface area contributed by atoms with Gasteiger partial charge in [-0.1, -0.05) is 0 Å². The molecule has 0 aromatic carbocycles. The summed E-state index contributed by atoms with van der Waals surface area (Å²) in [4.78, 5) is 1.39. The number of hydrogen-bond donors (Lipinski definition) is 1. The molecule has 0 amide bonds. The highest BCUT2D eigenvalue weighted by molar-refractivity contribution is 7.13. The van der Waals surface area contributed by atoms with E-state index in [1.54, 1.807) is 18.4 Å². The summed E-state index contributed by atoms with van der Waals surface area (Å²) >= 11 is 1.72. The van der Waals surface area contributed by atoms with Crippen LogP contribution >= 0.6 is 11.3 Å². The molecule has 0 atom stereocenters. The lowest BCUT2D eigenvalue weighted by molar-refractivity contribution is 0.427. The smallest absolute Gasteiger partial charge is 0.173 e. The minimum absolute atomic E-state index is 0.794. The van der Waals surface area contributed by atoms with Crippen molar-refractivity contribution in [3.05, 3.63) is 17.0 Å². The van der Waals surface area contributed by atoms with E-state index in [2.05, 4.69) is 6.07 Å². The van der Waals surface area contributed by atoms with Crippen molar-refractivity contribution in [2.75, 3.05) is 13.7 Å². The Kier molecular flexibility index (Phi) is 4.11. The van der Waals surface area contributed by atoms with Crippen LogP contribution in [-0.4, -0.2) is 13.7 Å². The van der Waals surface area contributed by atoms with E-state index in [4.69, 9.17) is 10.5 Å². The first-order valence-electron chi connectivity index (χ1n) is 4.19. The van der Waals surface area contributed by atoms with E-state index >= 15 is 0 Å². The third kappa shape index (κ3) is 2.83. The van der Waals surface area contributed by atoms with Crippen LogP contribution in [0.2, 0.25) is 0 Å². The van der Waals surface area contributed by atoms with Crippen LogP contribution < -0.4 is 10.5 Å². The standard InChI is InChI=1S/C9H15NOS/c1-11-9-6-5-8(12-9)4-2-3-7-10/h5-6H,2-4,7,10H2,1H3. The van der Waals surface area contributed by atoms with Gasteiger partial charge in [-0.05, 0) is 37.9 Å². The maximum absolute atomic E-state index is 5.40. The first kappa shape index (κ1) is 9.55. The van der Waals surface area contributed by atoms with Gasteiger partial charge in [-0.2, -0.15) is 0 Å². The maximum atomic E-state index is 5.40. The van der Waals surface area contributed by atoms with Gasteiger partial charge < -0.3 is 10.5 Å². The van der Waals surface area contributed by atoms with Gasteiger partial charge in [0.05, 0.1) is 7.11 Å². The second kappa shape index (κ2) is 5.17. The fourth-order valence-electron chi connectivity index (χ4n) is 1.05. The minimum Gasteiger partial charge on any atom is -0.487 e. The maximum Gasteiger partial charge on any atom is 0.173 e. The first-order valence-corrected chi connectivity index (χ1v) is 5.01. The van der Waals surface area contributed by atoms with Crippen molar-refractivity contribution in [2.24, 2.45) is 5.73 Å². The highest BCUT2D eigenvalue weighted by atomic mass is 32.1. The lowest BCUT2D eigenvalue weighted by atomic mass is 10.2. The molecule has 1 rings (SSSR count). The lowest BCUT2D eigenvalue weighted by Crippen LogP contribution is -1.98. The van der Waals surface area contributed by atoms with Gasteiger partial charge in [0.25, 0.3) is 0 Å². The zero-order chi connectivity index (χ0) is 8.81. The average molecular weight is 185 g/mol. The summed E-state index contributed by atoms with van der Waals surface area (Å²) in [7, 11) is 1.70. The third-order valence-electron chi connectivity index (χ3n) is 1.72. The number of ether oxygens (including phenoxy) is 1. The van der Waals surface area contributed by atoms with Gasteiger partial charge in [0.2, 0.25) is 0 Å². The molecule has 0 aliphatic heterocycles. The fraction of sp³-hybridized carbons (Fsp3) is 0.556. The van der Waals surface area contributed by atoms with Crippen molar-refractivity contribution in [1.82, 2.24) is 0 Å². The second-order valence-electron chi connectivity index (χ2n) is 2.67. The number of nitrogens with two attached hydrogens (primary N) is 1. The number of hydrogen-bond acceptors (Lipinski definition) is 3. The fourth-order valence-corrected chi connectivity index (χ4v) is 1.91. The largest absolute Gasteiger partial charge is 0.487 e. The summed E-state index contributed by atoms with van der Waals surface area (Å²) < 4.78 is 5.09. The van der Waals surface area contributed by atoms with Crippen LogP contribution in [0.4, 0.5) is 0 Å². The van der Waals surface area contributed by atoms with Crippen LogP contribution in [0.3, 0.4) is 0 Å². The molecule has 0 aliphatic rings. The molecule has 68 valence electrons. The highest BCUT2D eigenvalue weighted by Crippen LogP contribution is 2.24. The molecule has 2 N–H and O–H groups in total. The Labute approximate surface area is 77.3 Å². The molecule has 3 heteroatoms. The lowest BCUT2D eigenvalue weighted by Gasteiger charge is -1.94. The van der Waals surface area contributed by atoms with Crippen molar-refractivity contribution in [3.63, 3.8) is 0 Å². The summed E-state index contributed by atoms with van der Waals surface area (Å²) in [6.45, 7) is 0.794. The van der Waals surface area contributed by atoms with Crippen LogP contribution in [0.1, 0.15) is 17.7 Å². The average Bonchev–Trinajstić information content (AvgIpc) is 2.53. The summed E-state index contributed by atoms with van der Waals surface area (Å²) in [6.07, 6.45) is 3.42. The van der Waals surface area contributed by atoms with Crippen LogP contribution in [0, 0.1) is 0 Å². The predicted octanol–water partition coefficient (Wildman–Crippen LogP) is 2.04. The van der Waals surface area contributed by atoms with Gasteiger partial charge in [0, 0.05) is 4.88 Å². The van der Waals surface area contributed by atoms with Gasteiger partial charge in [0.15, 0.2) is 5.06 Å². The Balaban J connectivity index is 2.31. The van der Waals surface area contributed by atoms with Gasteiger partial charge in [0.1, 0.15) is 0 Å². The molecule has 1 aromatic heterocycles. The van der Waals surface area contributed by atoms with E-state index in [0.29, 0.717) is 0 Å². The molecule has 0 saturated carbocycles. The van der Waals surface area contributed by atoms with Crippen molar-refractivity contribution >= 4 is 11.3 Å². The Morgan fingerprint density at radius 1 is 1.42 bits per heavy atom. The normalized spacial score (nSPS) is 10.2. The van der Waals surface area contributed by atoms with Gasteiger partial charge in [-0.25, -0.2) is 0 Å². The summed E-state index contributed by atoms with van der Waals surface area (Å²) in [5.41, 5.74) is 5.40. The molecule has 0 unspecified atom stereocenters. The van der Waals surface area contributed by atoms with Crippen molar-refractivity contribution in [1.29, 1.82) is 0 Å². The minimum atomic E-state index is 0.794. The molecule has 1 aromatic rings. The molecule has 0 saturated heterocycles. The molecule has 12 heavy (non-hydrogen) atoms. The number of aryl methyl sites for hydroxylation is 1. The summed E-state index contributed by atoms with van der Waals surface area (Å²) in [5, 5.41) is 0.998. The summed E-state index contributed by atoms with van der Waals surface area (Å²) in [5.74, 6) is 0. The van der Waals surface area contributed by atoms with Crippen LogP contribution in [0.25, 0.3) is 0 Å². The van der Waals surface area contributed by atoms with Gasteiger partial charge >= 0.3 is 0 Å². The van der Waals surface area contributed by atoms with Crippen LogP contribution in [0.5, 0.6) is 5.06 Å². The van der Waals surface area contributed by atoms with Crippen LogP contribution in [0.15, 0.2) is 12.1 Å². The van der Waals surface area contributed by atoms with E-state index in [1.807, 2.05) is 6.07 Å². The Morgan fingerprint density at radius 2 is 2.25 bits per heavy atom. The van der Waals surface area contributed by atoms with E-state index in [1.165, 1.54) is 11.3 Å². The van der Waals surface area contributed by atoms with Crippen molar-refractivity contribution < 1.29 is 4.74 Å². The van der Waals surface area contributed by atoms with E-state index < -0.39 is 0 Å². The molecule has 0 fully saturated rings. The monoisotopic (exact) mass is 185 g/mol. The Morgan fingerprint density at radius 3 is 2.83 bits per heavy atom. The van der Waals surface area contributed by atoms with Crippen LogP contribution in [-0.2, 0) is 6.42 Å². The third-order valence-corrected chi connectivity index (χ3v) is 2.82.